The molecule has 314 valence electrons. The van der Waals surface area contributed by atoms with Gasteiger partial charge >= 0.3 is 0 Å². The second-order valence-electron chi connectivity index (χ2n) is 17.5. The molecule has 0 amide bonds. The third-order valence-corrected chi connectivity index (χ3v) is 15.2. The zero-order valence-electron chi connectivity index (χ0n) is 36.7. The molecule has 0 bridgehead atoms. The third kappa shape index (κ3) is 6.29. The van der Waals surface area contributed by atoms with Gasteiger partial charge in [-0.15, -0.1) is 11.3 Å². The van der Waals surface area contributed by atoms with E-state index in [0.29, 0.717) is 0 Å². The van der Waals surface area contributed by atoms with Crippen LogP contribution in [0.15, 0.2) is 261 Å². The number of para-hydroxylation sites is 1. The molecule has 0 saturated carbocycles. The molecule has 0 fully saturated rings. The van der Waals surface area contributed by atoms with Gasteiger partial charge in [-0.25, -0.2) is 0 Å². The predicted octanol–water partition coefficient (Wildman–Crippen LogP) is 18.0. The largest absolute Gasteiger partial charge is 0.310 e. The van der Waals surface area contributed by atoms with Crippen molar-refractivity contribution in [3.05, 3.63) is 283 Å². The number of benzene rings is 11. The summed E-state index contributed by atoms with van der Waals surface area (Å²) in [5, 5.41) is 5.11. The van der Waals surface area contributed by atoms with Crippen molar-refractivity contribution >= 4 is 59.3 Å². The van der Waals surface area contributed by atoms with Crippen LogP contribution in [0.2, 0.25) is 0 Å². The minimum atomic E-state index is -0.536. The third-order valence-electron chi connectivity index (χ3n) is 14.0. The fourth-order valence-electron chi connectivity index (χ4n) is 11.0. The number of fused-ring (bicyclic) bond motifs is 7. The smallest absolute Gasteiger partial charge is 0.0714 e. The first-order chi connectivity index (χ1) is 33.2. The summed E-state index contributed by atoms with van der Waals surface area (Å²) in [6.07, 6.45) is 0. The van der Waals surface area contributed by atoms with Crippen LogP contribution in [0, 0.1) is 0 Å². The van der Waals surface area contributed by atoms with Crippen LogP contribution < -0.4 is 4.90 Å². The molecule has 1 nitrogen and oxygen atoms in total. The lowest BCUT2D eigenvalue weighted by atomic mass is 9.67. The number of nitrogens with zero attached hydrogens (tertiary/aromatic N) is 1. The van der Waals surface area contributed by atoms with E-state index in [1.54, 1.807) is 0 Å². The summed E-state index contributed by atoms with van der Waals surface area (Å²) in [6, 6.07) is 96.4. The molecule has 11 aromatic carbocycles. The molecule has 0 radical (unpaired) electrons. The molecular weight excluding hydrogens is 827 g/mol. The van der Waals surface area contributed by atoms with Crippen molar-refractivity contribution in [2.45, 2.75) is 5.41 Å². The quantitative estimate of drug-likeness (QED) is 0.147. The minimum absolute atomic E-state index is 0.536. The lowest BCUT2D eigenvalue weighted by molar-refractivity contribution is 0.768. The van der Waals surface area contributed by atoms with E-state index in [2.05, 4.69) is 266 Å². The van der Waals surface area contributed by atoms with Gasteiger partial charge in [0, 0.05) is 42.7 Å². The Labute approximate surface area is 395 Å². The summed E-state index contributed by atoms with van der Waals surface area (Å²) in [5.74, 6) is 0. The molecule has 13 rings (SSSR count). The van der Waals surface area contributed by atoms with Gasteiger partial charge in [0.2, 0.25) is 0 Å². The van der Waals surface area contributed by atoms with Crippen molar-refractivity contribution in [3.63, 3.8) is 0 Å². The van der Waals surface area contributed by atoms with Crippen LogP contribution in [0.1, 0.15) is 22.3 Å². The Morgan fingerprint density at radius 3 is 1.70 bits per heavy atom. The Balaban J connectivity index is 1.03. The van der Waals surface area contributed by atoms with Gasteiger partial charge in [-0.1, -0.05) is 224 Å². The highest BCUT2D eigenvalue weighted by atomic mass is 32.1. The number of anilines is 3. The van der Waals surface area contributed by atoms with E-state index in [-0.39, 0.29) is 0 Å². The van der Waals surface area contributed by atoms with E-state index >= 15 is 0 Å². The standard InChI is InChI=1S/C65H43NS/c1-3-21-48(22-4-1)65(49-23-5-2-6-24-49)60-33-12-9-27-54(60)55-41-40-51(43-61(55)65)66(62-34-13-10-28-56(62)58-31-17-32-59-57-29-11-14-35-63(57)67-64(58)59)50-25-15-20-47(42-50)44-36-38-46(39-37-44)53-30-16-19-45-18-7-8-26-52(45)53/h1-43H. The highest BCUT2D eigenvalue weighted by Gasteiger charge is 2.46. The van der Waals surface area contributed by atoms with Crippen molar-refractivity contribution in [2.75, 3.05) is 4.90 Å². The van der Waals surface area contributed by atoms with Gasteiger partial charge in [0.1, 0.15) is 0 Å². The molecule has 1 heterocycles. The van der Waals surface area contributed by atoms with Crippen LogP contribution in [0.5, 0.6) is 0 Å². The molecule has 12 aromatic rings. The fourth-order valence-corrected chi connectivity index (χ4v) is 12.2. The normalized spacial score (nSPS) is 12.6. The molecular formula is C65H43NS. The fraction of sp³-hybridized carbons (Fsp3) is 0.0154. The zero-order chi connectivity index (χ0) is 44.3. The molecule has 0 spiro atoms. The van der Waals surface area contributed by atoms with Crippen molar-refractivity contribution in [1.82, 2.24) is 0 Å². The SMILES string of the molecule is c1ccc(C2(c3ccccc3)c3ccccc3-c3ccc(N(c4cccc(-c5ccc(-c6cccc7ccccc67)cc5)c4)c4ccccc4-c4cccc5c4sc4ccccc45)cc32)cc1. The van der Waals surface area contributed by atoms with Crippen LogP contribution in [0.3, 0.4) is 0 Å². The number of rotatable bonds is 8. The topological polar surface area (TPSA) is 3.24 Å². The van der Waals surface area contributed by atoms with Crippen LogP contribution in [-0.2, 0) is 5.41 Å². The molecule has 1 aliphatic rings. The van der Waals surface area contributed by atoms with Gasteiger partial charge in [0.05, 0.1) is 11.1 Å². The molecule has 0 aliphatic heterocycles. The first-order valence-corrected chi connectivity index (χ1v) is 23.9. The molecule has 67 heavy (non-hydrogen) atoms. The summed E-state index contributed by atoms with van der Waals surface area (Å²) in [4.78, 5) is 2.50. The highest BCUT2D eigenvalue weighted by Crippen LogP contribution is 2.58. The Morgan fingerprint density at radius 2 is 0.881 bits per heavy atom. The van der Waals surface area contributed by atoms with Gasteiger partial charge in [-0.3, -0.25) is 0 Å². The van der Waals surface area contributed by atoms with Crippen molar-refractivity contribution in [1.29, 1.82) is 0 Å². The van der Waals surface area contributed by atoms with E-state index in [9.17, 15) is 0 Å². The Hall–Kier alpha value is -8.30. The lowest BCUT2D eigenvalue weighted by Crippen LogP contribution is -2.28. The first kappa shape index (κ1) is 39.1. The minimum Gasteiger partial charge on any atom is -0.310 e. The van der Waals surface area contributed by atoms with Crippen molar-refractivity contribution in [3.8, 4) is 44.5 Å². The molecule has 0 N–H and O–H groups in total. The van der Waals surface area contributed by atoms with Gasteiger partial charge in [0.25, 0.3) is 0 Å². The molecule has 1 aliphatic carbocycles. The first-order valence-electron chi connectivity index (χ1n) is 23.1. The summed E-state index contributed by atoms with van der Waals surface area (Å²) in [6.45, 7) is 0. The molecule has 0 unspecified atom stereocenters. The van der Waals surface area contributed by atoms with E-state index < -0.39 is 5.41 Å². The van der Waals surface area contributed by atoms with E-state index in [1.807, 2.05) is 11.3 Å². The maximum absolute atomic E-state index is 2.50. The van der Waals surface area contributed by atoms with Gasteiger partial charge in [0.15, 0.2) is 0 Å². The number of hydrogen-bond donors (Lipinski definition) is 0. The Kier molecular flexibility index (Phi) is 9.33. The summed E-state index contributed by atoms with van der Waals surface area (Å²) in [5.41, 5.74) is 17.6. The average molecular weight is 870 g/mol. The number of thiophene rings is 1. The second-order valence-corrected chi connectivity index (χ2v) is 18.6. The van der Waals surface area contributed by atoms with Gasteiger partial charge in [-0.05, 0) is 103 Å². The molecule has 2 heteroatoms. The maximum Gasteiger partial charge on any atom is 0.0714 e. The Morgan fingerprint density at radius 1 is 0.313 bits per heavy atom. The maximum atomic E-state index is 2.50. The summed E-state index contributed by atoms with van der Waals surface area (Å²) < 4.78 is 2.60. The lowest BCUT2D eigenvalue weighted by Gasteiger charge is -2.35. The van der Waals surface area contributed by atoms with E-state index in [0.717, 1.165) is 22.6 Å². The summed E-state index contributed by atoms with van der Waals surface area (Å²) in [7, 11) is 0. The highest BCUT2D eigenvalue weighted by molar-refractivity contribution is 7.26. The average Bonchev–Trinajstić information content (AvgIpc) is 3.93. The second kappa shape index (κ2) is 16.0. The van der Waals surface area contributed by atoms with E-state index in [1.165, 1.54) is 92.1 Å². The molecule has 0 atom stereocenters. The van der Waals surface area contributed by atoms with Crippen LogP contribution >= 0.6 is 11.3 Å². The van der Waals surface area contributed by atoms with Crippen molar-refractivity contribution < 1.29 is 0 Å². The van der Waals surface area contributed by atoms with Crippen molar-refractivity contribution in [2.24, 2.45) is 0 Å². The molecule has 1 aromatic heterocycles. The Bertz CT molecular complexity index is 3760. The van der Waals surface area contributed by atoms with Crippen LogP contribution in [-0.4, -0.2) is 0 Å². The number of hydrogen-bond acceptors (Lipinski definition) is 2. The van der Waals surface area contributed by atoms with Crippen LogP contribution in [0.25, 0.3) is 75.5 Å². The summed E-state index contributed by atoms with van der Waals surface area (Å²) >= 11 is 1.88. The van der Waals surface area contributed by atoms with Gasteiger partial charge in [-0.2, -0.15) is 0 Å². The monoisotopic (exact) mass is 869 g/mol. The predicted molar refractivity (Wildman–Crippen MR) is 285 cm³/mol. The zero-order valence-corrected chi connectivity index (χ0v) is 37.5. The van der Waals surface area contributed by atoms with E-state index in [4.69, 9.17) is 0 Å². The van der Waals surface area contributed by atoms with Crippen LogP contribution in [0.4, 0.5) is 17.1 Å². The molecule has 0 saturated heterocycles. The van der Waals surface area contributed by atoms with Gasteiger partial charge < -0.3 is 4.90 Å².